The summed E-state index contributed by atoms with van der Waals surface area (Å²) >= 11 is 1.64. The highest BCUT2D eigenvalue weighted by atomic mass is 32.2. The number of methoxy groups -OCH3 is 1. The number of rotatable bonds is 12. The van der Waals surface area contributed by atoms with Crippen LogP contribution in [0.15, 0.2) is 78.0 Å². The molecule has 34 heavy (non-hydrogen) atoms. The molecule has 1 aromatic heterocycles. The highest BCUT2D eigenvalue weighted by Gasteiger charge is 2.09. The van der Waals surface area contributed by atoms with Crippen molar-refractivity contribution in [3.8, 4) is 17.2 Å². The predicted molar refractivity (Wildman–Crippen MR) is 130 cm³/mol. The lowest BCUT2D eigenvalue weighted by atomic mass is 10.2. The molecular formula is C25H26FN5O2S. The fourth-order valence-corrected chi connectivity index (χ4v) is 4.11. The van der Waals surface area contributed by atoms with E-state index in [-0.39, 0.29) is 5.82 Å². The Bertz CT molecular complexity index is 1170. The summed E-state index contributed by atoms with van der Waals surface area (Å²) in [6.45, 7) is 1.94. The summed E-state index contributed by atoms with van der Waals surface area (Å²) in [6.07, 6.45) is 0.975. The second kappa shape index (κ2) is 12.2. The van der Waals surface area contributed by atoms with Gasteiger partial charge in [0.05, 0.1) is 12.8 Å². The molecule has 0 aliphatic rings. The van der Waals surface area contributed by atoms with Crippen molar-refractivity contribution in [2.45, 2.75) is 24.7 Å². The van der Waals surface area contributed by atoms with Crippen LogP contribution in [0.5, 0.6) is 11.5 Å². The van der Waals surface area contributed by atoms with Gasteiger partial charge in [-0.05, 0) is 70.9 Å². The van der Waals surface area contributed by atoms with Gasteiger partial charge >= 0.3 is 0 Å². The van der Waals surface area contributed by atoms with Crippen molar-refractivity contribution < 1.29 is 13.9 Å². The molecule has 4 aromatic rings. The monoisotopic (exact) mass is 479 g/mol. The van der Waals surface area contributed by atoms with Gasteiger partial charge in [-0.2, -0.15) is 4.68 Å². The van der Waals surface area contributed by atoms with Crippen molar-refractivity contribution in [2.75, 3.05) is 19.4 Å². The van der Waals surface area contributed by atoms with Crippen molar-refractivity contribution in [1.82, 2.24) is 25.5 Å². The Morgan fingerprint density at radius 2 is 1.76 bits per heavy atom. The van der Waals surface area contributed by atoms with E-state index in [1.54, 1.807) is 35.7 Å². The second-order valence-electron chi connectivity index (χ2n) is 7.49. The number of thioether (sulfide) groups is 1. The molecule has 0 spiro atoms. The predicted octanol–water partition coefficient (Wildman–Crippen LogP) is 4.66. The molecule has 0 amide bonds. The number of hydrogen-bond donors (Lipinski definition) is 1. The number of aromatic nitrogens is 4. The third-order valence-corrected chi connectivity index (χ3v) is 6.04. The SMILES string of the molecule is COc1cc(CNCCCSc2nnnn2-c2ccccc2)ccc1OCc1ccc(F)cc1. The average molecular weight is 480 g/mol. The Morgan fingerprint density at radius 3 is 2.56 bits per heavy atom. The fourth-order valence-electron chi connectivity index (χ4n) is 3.28. The van der Waals surface area contributed by atoms with Crippen LogP contribution in [-0.4, -0.2) is 39.6 Å². The number of hydrogen-bond acceptors (Lipinski definition) is 7. The van der Waals surface area contributed by atoms with Crippen LogP contribution in [0.3, 0.4) is 0 Å². The third kappa shape index (κ3) is 6.55. The molecule has 0 aliphatic carbocycles. The van der Waals surface area contributed by atoms with Crippen LogP contribution < -0.4 is 14.8 Å². The van der Waals surface area contributed by atoms with Gasteiger partial charge in [-0.3, -0.25) is 0 Å². The number of tetrazole rings is 1. The van der Waals surface area contributed by atoms with Gasteiger partial charge in [0, 0.05) is 12.3 Å². The number of benzene rings is 3. The van der Waals surface area contributed by atoms with Gasteiger partial charge in [-0.15, -0.1) is 5.10 Å². The quantitative estimate of drug-likeness (QED) is 0.234. The van der Waals surface area contributed by atoms with Crippen molar-refractivity contribution in [1.29, 1.82) is 0 Å². The van der Waals surface area contributed by atoms with Crippen molar-refractivity contribution in [3.05, 3.63) is 89.7 Å². The minimum Gasteiger partial charge on any atom is -0.493 e. The van der Waals surface area contributed by atoms with E-state index in [1.807, 2.05) is 48.5 Å². The molecule has 9 heteroatoms. The first-order chi connectivity index (χ1) is 16.7. The number of para-hydroxylation sites is 1. The van der Waals surface area contributed by atoms with E-state index in [1.165, 1.54) is 12.1 Å². The van der Waals surface area contributed by atoms with E-state index >= 15 is 0 Å². The molecule has 3 aromatic carbocycles. The Kier molecular flexibility index (Phi) is 8.48. The Labute approximate surface area is 202 Å². The summed E-state index contributed by atoms with van der Waals surface area (Å²) in [5, 5.41) is 16.2. The minimum absolute atomic E-state index is 0.260. The Hall–Kier alpha value is -3.43. The summed E-state index contributed by atoms with van der Waals surface area (Å²) < 4.78 is 26.2. The number of halogens is 1. The molecule has 0 bridgehead atoms. The molecule has 0 saturated heterocycles. The summed E-state index contributed by atoms with van der Waals surface area (Å²) in [6, 6.07) is 22.0. The summed E-state index contributed by atoms with van der Waals surface area (Å²) in [5.41, 5.74) is 2.95. The van der Waals surface area contributed by atoms with E-state index in [9.17, 15) is 4.39 Å². The lowest BCUT2D eigenvalue weighted by Crippen LogP contribution is -2.15. The van der Waals surface area contributed by atoms with Crippen LogP contribution >= 0.6 is 11.8 Å². The Balaban J connectivity index is 1.20. The first kappa shape index (κ1) is 23.7. The summed E-state index contributed by atoms with van der Waals surface area (Å²) in [7, 11) is 1.62. The maximum Gasteiger partial charge on any atom is 0.214 e. The standard InChI is InChI=1S/C25H26FN5O2S/c1-32-24-16-20(10-13-23(24)33-18-19-8-11-21(26)12-9-19)17-27-14-5-15-34-25-28-29-30-31(25)22-6-3-2-4-7-22/h2-4,6-13,16,27H,5,14-15,17-18H2,1H3. The van der Waals surface area contributed by atoms with Crippen LogP contribution in [0.2, 0.25) is 0 Å². The van der Waals surface area contributed by atoms with E-state index in [4.69, 9.17) is 9.47 Å². The zero-order chi connectivity index (χ0) is 23.6. The van der Waals surface area contributed by atoms with Crippen LogP contribution in [-0.2, 0) is 13.2 Å². The molecule has 1 N–H and O–H groups in total. The first-order valence-electron chi connectivity index (χ1n) is 10.9. The average Bonchev–Trinajstić information content (AvgIpc) is 3.35. The molecule has 1 heterocycles. The van der Waals surface area contributed by atoms with Gasteiger partial charge in [-0.1, -0.05) is 48.2 Å². The van der Waals surface area contributed by atoms with Crippen molar-refractivity contribution in [3.63, 3.8) is 0 Å². The van der Waals surface area contributed by atoms with Crippen LogP contribution in [0, 0.1) is 5.82 Å². The number of nitrogens with zero attached hydrogens (tertiary/aromatic N) is 4. The lowest BCUT2D eigenvalue weighted by molar-refractivity contribution is 0.284. The van der Waals surface area contributed by atoms with Crippen LogP contribution in [0.1, 0.15) is 17.5 Å². The lowest BCUT2D eigenvalue weighted by Gasteiger charge is -2.13. The maximum absolute atomic E-state index is 13.1. The molecule has 0 unspecified atom stereocenters. The van der Waals surface area contributed by atoms with E-state index in [0.29, 0.717) is 18.1 Å². The topological polar surface area (TPSA) is 74.1 Å². The molecule has 0 atom stereocenters. The molecule has 176 valence electrons. The molecular weight excluding hydrogens is 453 g/mol. The molecule has 0 saturated carbocycles. The fraction of sp³-hybridized carbons (Fsp3) is 0.240. The van der Waals surface area contributed by atoms with E-state index < -0.39 is 0 Å². The minimum atomic E-state index is -0.260. The zero-order valence-electron chi connectivity index (χ0n) is 18.9. The molecule has 7 nitrogen and oxygen atoms in total. The smallest absolute Gasteiger partial charge is 0.214 e. The molecule has 4 rings (SSSR count). The molecule has 0 radical (unpaired) electrons. The zero-order valence-corrected chi connectivity index (χ0v) is 19.7. The highest BCUT2D eigenvalue weighted by Crippen LogP contribution is 2.29. The first-order valence-corrected chi connectivity index (χ1v) is 11.9. The maximum atomic E-state index is 13.1. The van der Waals surface area contributed by atoms with Gasteiger partial charge in [0.25, 0.3) is 0 Å². The van der Waals surface area contributed by atoms with Crippen LogP contribution in [0.4, 0.5) is 4.39 Å². The number of ether oxygens (including phenoxy) is 2. The normalized spacial score (nSPS) is 10.9. The third-order valence-electron chi connectivity index (χ3n) is 5.04. The van der Waals surface area contributed by atoms with Gasteiger partial charge in [0.15, 0.2) is 11.5 Å². The highest BCUT2D eigenvalue weighted by molar-refractivity contribution is 7.99. The molecule has 0 fully saturated rings. The van der Waals surface area contributed by atoms with E-state index in [2.05, 4.69) is 20.8 Å². The van der Waals surface area contributed by atoms with Gasteiger partial charge in [0.2, 0.25) is 5.16 Å². The van der Waals surface area contributed by atoms with Crippen LogP contribution in [0.25, 0.3) is 5.69 Å². The second-order valence-corrected chi connectivity index (χ2v) is 8.55. The Morgan fingerprint density at radius 1 is 0.971 bits per heavy atom. The largest absolute Gasteiger partial charge is 0.493 e. The van der Waals surface area contributed by atoms with Gasteiger partial charge in [-0.25, -0.2) is 4.39 Å². The summed E-state index contributed by atoms with van der Waals surface area (Å²) in [5.74, 6) is 1.97. The number of nitrogens with one attached hydrogen (secondary N) is 1. The van der Waals surface area contributed by atoms with Crippen molar-refractivity contribution in [2.24, 2.45) is 0 Å². The van der Waals surface area contributed by atoms with Gasteiger partial charge < -0.3 is 14.8 Å². The summed E-state index contributed by atoms with van der Waals surface area (Å²) in [4.78, 5) is 0. The van der Waals surface area contributed by atoms with Gasteiger partial charge in [0.1, 0.15) is 12.4 Å². The van der Waals surface area contributed by atoms with Crippen molar-refractivity contribution >= 4 is 11.8 Å². The van der Waals surface area contributed by atoms with E-state index in [0.717, 1.165) is 47.2 Å². The molecule has 0 aliphatic heterocycles.